The van der Waals surface area contributed by atoms with E-state index in [1.54, 1.807) is 0 Å². The van der Waals surface area contributed by atoms with Crippen LogP contribution in [-0.2, 0) is 65.4 Å². The molecule has 17 nitrogen and oxygen atoms in total. The molecule has 82 heavy (non-hydrogen) atoms. The smallest absolute Gasteiger partial charge is 0.462 e. The van der Waals surface area contributed by atoms with Gasteiger partial charge in [0.2, 0.25) is 0 Å². The maximum atomic E-state index is 12.9. The monoisotopic (exact) mass is 1210 g/mol. The van der Waals surface area contributed by atoms with Crippen molar-refractivity contribution in [2.45, 2.75) is 318 Å². The van der Waals surface area contributed by atoms with Gasteiger partial charge in [-0.15, -0.1) is 0 Å². The second-order valence-corrected chi connectivity index (χ2v) is 27.4. The summed E-state index contributed by atoms with van der Waals surface area (Å²) in [5.41, 5.74) is 0. The summed E-state index contributed by atoms with van der Waals surface area (Å²) in [4.78, 5) is 72.1. The standard InChI is InChI=1S/C63H122O17P2/c1-9-56(8)42-34-26-20-22-30-38-46-63(68)80-59(50-74-61(66)44-36-28-18-14-16-24-32-40-54(4)5)52-78-82(71,72)76-48-57(64)47-75-81(69,70)77-51-58(79-62(67)45-37-29-21-19-25-33-41-55(6)7)49-73-60(65)43-35-27-17-13-11-10-12-15-23-31-39-53(2)3/h53-59,64H,9-52H2,1-8H3,(H,69,70)(H,71,72)/t56?,57?,58-,59-/m1/s1. The molecule has 0 amide bonds. The molecule has 0 spiro atoms. The Hall–Kier alpha value is -1.94. The van der Waals surface area contributed by atoms with Gasteiger partial charge in [0, 0.05) is 25.7 Å². The van der Waals surface area contributed by atoms with Crippen LogP contribution >= 0.6 is 15.6 Å². The molecule has 0 aromatic heterocycles. The van der Waals surface area contributed by atoms with Crippen LogP contribution in [0.2, 0.25) is 0 Å². The molecular weight excluding hydrogens is 1090 g/mol. The quantitative estimate of drug-likeness (QED) is 0.0222. The van der Waals surface area contributed by atoms with E-state index < -0.39 is 97.5 Å². The number of carbonyl (C=O) groups is 4. The van der Waals surface area contributed by atoms with Crippen molar-refractivity contribution in [3.05, 3.63) is 0 Å². The minimum atomic E-state index is -4.94. The third kappa shape index (κ3) is 55.9. The highest BCUT2D eigenvalue weighted by Crippen LogP contribution is 2.45. The van der Waals surface area contributed by atoms with Gasteiger partial charge in [0.15, 0.2) is 12.2 Å². The molecule has 0 aromatic rings. The van der Waals surface area contributed by atoms with Crippen LogP contribution in [0.4, 0.5) is 0 Å². The van der Waals surface area contributed by atoms with Crippen molar-refractivity contribution >= 4 is 39.5 Å². The van der Waals surface area contributed by atoms with Gasteiger partial charge in [-0.05, 0) is 49.4 Å². The fraction of sp³-hybridized carbons (Fsp3) is 0.937. The third-order valence-electron chi connectivity index (χ3n) is 14.7. The van der Waals surface area contributed by atoms with E-state index in [2.05, 4.69) is 55.4 Å². The molecule has 0 saturated carbocycles. The number of unbranched alkanes of at least 4 members (excludes halogenated alkanes) is 25. The molecule has 0 saturated heterocycles. The van der Waals surface area contributed by atoms with Crippen molar-refractivity contribution < 1.29 is 80.2 Å². The summed E-state index contributed by atoms with van der Waals surface area (Å²) in [6, 6.07) is 0. The highest BCUT2D eigenvalue weighted by atomic mass is 31.2. The van der Waals surface area contributed by atoms with Gasteiger partial charge in [0.05, 0.1) is 26.4 Å². The molecule has 0 aliphatic rings. The van der Waals surface area contributed by atoms with E-state index >= 15 is 0 Å². The number of esters is 4. The largest absolute Gasteiger partial charge is 0.472 e. The van der Waals surface area contributed by atoms with Gasteiger partial charge < -0.3 is 33.8 Å². The first-order valence-corrected chi connectivity index (χ1v) is 35.7. The molecule has 3 N–H and O–H groups in total. The lowest BCUT2D eigenvalue weighted by Gasteiger charge is -2.21. The molecule has 6 atom stereocenters. The van der Waals surface area contributed by atoms with E-state index in [4.69, 9.17) is 37.0 Å². The Morgan fingerprint density at radius 2 is 0.585 bits per heavy atom. The molecule has 0 heterocycles. The summed E-state index contributed by atoms with van der Waals surface area (Å²) in [5.74, 6) is 0.706. The fourth-order valence-corrected chi connectivity index (χ4v) is 10.8. The molecule has 0 aromatic carbocycles. The molecule has 4 unspecified atom stereocenters. The number of hydrogen-bond donors (Lipinski definition) is 3. The zero-order chi connectivity index (χ0) is 61.1. The van der Waals surface area contributed by atoms with Crippen LogP contribution in [0.25, 0.3) is 0 Å². The second-order valence-electron chi connectivity index (χ2n) is 24.5. The van der Waals surface area contributed by atoms with Gasteiger partial charge in [-0.25, -0.2) is 9.13 Å². The molecule has 19 heteroatoms. The van der Waals surface area contributed by atoms with Crippen LogP contribution in [0.3, 0.4) is 0 Å². The SMILES string of the molecule is CCC(C)CCCCCCCCC(=O)O[C@H](COC(=O)CCCCCCCCCC(C)C)COP(=O)(O)OCC(O)COP(=O)(O)OC[C@@H](COC(=O)CCCCCCCCCCCCC(C)C)OC(=O)CCCCCCCCC(C)C. The van der Waals surface area contributed by atoms with Crippen LogP contribution in [0.5, 0.6) is 0 Å². The van der Waals surface area contributed by atoms with E-state index in [9.17, 15) is 43.2 Å². The lowest BCUT2D eigenvalue weighted by Crippen LogP contribution is -2.30. The summed E-state index contributed by atoms with van der Waals surface area (Å²) in [5, 5.41) is 10.5. The Morgan fingerprint density at radius 3 is 0.866 bits per heavy atom. The molecule has 0 fully saturated rings. The first kappa shape index (κ1) is 80.1. The summed E-state index contributed by atoms with van der Waals surface area (Å²) in [6.45, 7) is 13.9. The first-order valence-electron chi connectivity index (χ1n) is 32.7. The predicted octanol–water partition coefficient (Wildman–Crippen LogP) is 17.0. The first-order chi connectivity index (χ1) is 39.1. The molecular formula is C63H122O17P2. The zero-order valence-corrected chi connectivity index (χ0v) is 54.9. The van der Waals surface area contributed by atoms with Crippen LogP contribution in [0.15, 0.2) is 0 Å². The normalized spacial score (nSPS) is 14.8. The molecule has 486 valence electrons. The Bertz CT molecular complexity index is 1650. The molecule has 0 radical (unpaired) electrons. The maximum Gasteiger partial charge on any atom is 0.472 e. The molecule has 0 aliphatic heterocycles. The Kier molecular flexibility index (Phi) is 52.0. The van der Waals surface area contributed by atoms with Crippen molar-refractivity contribution in [1.82, 2.24) is 0 Å². The highest BCUT2D eigenvalue weighted by Gasteiger charge is 2.30. The number of ether oxygens (including phenoxy) is 4. The summed E-state index contributed by atoms with van der Waals surface area (Å²) < 4.78 is 67.9. The van der Waals surface area contributed by atoms with Crippen molar-refractivity contribution in [2.24, 2.45) is 23.7 Å². The van der Waals surface area contributed by atoms with E-state index in [1.807, 2.05) is 0 Å². The Balaban J connectivity index is 5.23. The van der Waals surface area contributed by atoms with Crippen molar-refractivity contribution in [2.75, 3.05) is 39.6 Å². The van der Waals surface area contributed by atoms with Crippen LogP contribution in [0, 0.1) is 23.7 Å². The number of hydrogen-bond acceptors (Lipinski definition) is 15. The molecule has 0 rings (SSSR count). The summed E-state index contributed by atoms with van der Waals surface area (Å²) in [7, 11) is -9.89. The Labute approximate surface area is 498 Å². The number of aliphatic hydroxyl groups excluding tert-OH is 1. The number of phosphoric ester groups is 2. The fourth-order valence-electron chi connectivity index (χ4n) is 9.22. The third-order valence-corrected chi connectivity index (χ3v) is 16.6. The van der Waals surface area contributed by atoms with E-state index in [0.29, 0.717) is 37.5 Å². The lowest BCUT2D eigenvalue weighted by atomic mass is 10.00. The van der Waals surface area contributed by atoms with Crippen molar-refractivity contribution in [3.63, 3.8) is 0 Å². The summed E-state index contributed by atoms with van der Waals surface area (Å²) >= 11 is 0. The van der Waals surface area contributed by atoms with E-state index in [-0.39, 0.29) is 25.7 Å². The minimum Gasteiger partial charge on any atom is -0.462 e. The second kappa shape index (κ2) is 53.3. The minimum absolute atomic E-state index is 0.101. The van der Waals surface area contributed by atoms with Crippen molar-refractivity contribution in [1.29, 1.82) is 0 Å². The van der Waals surface area contributed by atoms with Crippen LogP contribution in [0.1, 0.15) is 299 Å². The average Bonchev–Trinajstić information content (AvgIpc) is 3.42. The van der Waals surface area contributed by atoms with E-state index in [1.165, 1.54) is 96.3 Å². The number of aliphatic hydroxyl groups is 1. The molecule has 0 aliphatic carbocycles. The zero-order valence-electron chi connectivity index (χ0n) is 53.1. The Morgan fingerprint density at radius 1 is 0.341 bits per heavy atom. The van der Waals surface area contributed by atoms with Gasteiger partial charge >= 0.3 is 39.5 Å². The highest BCUT2D eigenvalue weighted by molar-refractivity contribution is 7.47. The topological polar surface area (TPSA) is 237 Å². The number of rotatable bonds is 60. The molecule has 0 bridgehead atoms. The van der Waals surface area contributed by atoms with Gasteiger partial charge in [0.1, 0.15) is 19.3 Å². The maximum absolute atomic E-state index is 12.9. The van der Waals surface area contributed by atoms with E-state index in [0.717, 1.165) is 108 Å². The van der Waals surface area contributed by atoms with Gasteiger partial charge in [-0.2, -0.15) is 0 Å². The van der Waals surface area contributed by atoms with Crippen LogP contribution in [-0.4, -0.2) is 96.7 Å². The average molecular weight is 1210 g/mol. The van der Waals surface area contributed by atoms with Gasteiger partial charge in [-0.3, -0.25) is 37.3 Å². The predicted molar refractivity (Wildman–Crippen MR) is 326 cm³/mol. The number of carbonyl (C=O) groups excluding carboxylic acids is 4. The van der Waals surface area contributed by atoms with Gasteiger partial charge in [-0.1, -0.05) is 248 Å². The van der Waals surface area contributed by atoms with Gasteiger partial charge in [0.25, 0.3) is 0 Å². The summed E-state index contributed by atoms with van der Waals surface area (Å²) in [6.07, 6.45) is 32.4. The number of phosphoric acid groups is 2. The van der Waals surface area contributed by atoms with Crippen LogP contribution < -0.4 is 0 Å². The lowest BCUT2D eigenvalue weighted by molar-refractivity contribution is -0.161. The van der Waals surface area contributed by atoms with Crippen molar-refractivity contribution in [3.8, 4) is 0 Å².